The molecular formula is C19H24N4. The summed E-state index contributed by atoms with van der Waals surface area (Å²) in [5.41, 5.74) is 2.21. The first-order chi connectivity index (χ1) is 11.3. The summed E-state index contributed by atoms with van der Waals surface area (Å²) in [6.45, 7) is 4.93. The van der Waals surface area contributed by atoms with Crippen molar-refractivity contribution in [2.45, 2.75) is 25.8 Å². The Bertz CT molecular complexity index is 622. The van der Waals surface area contributed by atoms with Gasteiger partial charge in [-0.1, -0.05) is 42.5 Å². The minimum atomic E-state index is 0.507. The molecule has 1 aromatic heterocycles. The van der Waals surface area contributed by atoms with Gasteiger partial charge in [0, 0.05) is 25.7 Å². The highest BCUT2D eigenvalue weighted by Crippen LogP contribution is 2.17. The van der Waals surface area contributed by atoms with E-state index in [9.17, 15) is 0 Å². The second kappa shape index (κ2) is 7.88. The molecule has 2 heterocycles. The first kappa shape index (κ1) is 15.7. The normalized spacial score (nSPS) is 18.5. The van der Waals surface area contributed by atoms with Crippen LogP contribution in [0.1, 0.15) is 24.1 Å². The van der Waals surface area contributed by atoms with Gasteiger partial charge in [0.25, 0.3) is 0 Å². The summed E-state index contributed by atoms with van der Waals surface area (Å²) in [5, 5.41) is 12.1. The largest absolute Gasteiger partial charge is 0.354 e. The fourth-order valence-corrected chi connectivity index (χ4v) is 2.91. The van der Waals surface area contributed by atoms with Gasteiger partial charge in [-0.3, -0.25) is 0 Å². The number of nitrogens with zero attached hydrogens (tertiary/aromatic N) is 3. The molecule has 0 aliphatic carbocycles. The molecule has 0 spiro atoms. The van der Waals surface area contributed by atoms with E-state index >= 15 is 0 Å². The lowest BCUT2D eigenvalue weighted by Gasteiger charge is -2.33. The first-order valence-corrected chi connectivity index (χ1v) is 8.31. The second-order valence-electron chi connectivity index (χ2n) is 6.04. The van der Waals surface area contributed by atoms with Crippen molar-refractivity contribution >= 4 is 11.9 Å². The summed E-state index contributed by atoms with van der Waals surface area (Å²) >= 11 is 0. The van der Waals surface area contributed by atoms with Crippen molar-refractivity contribution in [3.63, 3.8) is 0 Å². The molecule has 3 rings (SSSR count). The highest BCUT2D eigenvalue weighted by Gasteiger charge is 2.20. The Morgan fingerprint density at radius 2 is 2.04 bits per heavy atom. The van der Waals surface area contributed by atoms with Crippen molar-refractivity contribution in [2.75, 3.05) is 24.5 Å². The Morgan fingerprint density at radius 1 is 1.17 bits per heavy atom. The predicted octanol–water partition coefficient (Wildman–Crippen LogP) is 3.06. The molecule has 0 saturated carbocycles. The summed E-state index contributed by atoms with van der Waals surface area (Å²) in [4.78, 5) is 2.33. The summed E-state index contributed by atoms with van der Waals surface area (Å²) in [7, 11) is 0. The Hall–Kier alpha value is -2.20. The summed E-state index contributed by atoms with van der Waals surface area (Å²) in [6.07, 6.45) is 6.77. The summed E-state index contributed by atoms with van der Waals surface area (Å²) < 4.78 is 0. The highest BCUT2D eigenvalue weighted by atomic mass is 15.3. The fourth-order valence-electron chi connectivity index (χ4n) is 2.91. The molecule has 0 amide bonds. The number of nitrogens with one attached hydrogen (secondary N) is 1. The molecule has 1 aliphatic rings. The van der Waals surface area contributed by atoms with Crippen molar-refractivity contribution in [3.8, 4) is 0 Å². The topological polar surface area (TPSA) is 41.0 Å². The maximum absolute atomic E-state index is 4.31. The molecule has 1 saturated heterocycles. The van der Waals surface area contributed by atoms with Gasteiger partial charge in [0.1, 0.15) is 0 Å². The van der Waals surface area contributed by atoms with Crippen LogP contribution < -0.4 is 10.2 Å². The van der Waals surface area contributed by atoms with Gasteiger partial charge in [-0.25, -0.2) is 0 Å². The number of hydrogen-bond donors (Lipinski definition) is 1. The van der Waals surface area contributed by atoms with E-state index in [-0.39, 0.29) is 0 Å². The van der Waals surface area contributed by atoms with Gasteiger partial charge in [0.15, 0.2) is 5.82 Å². The van der Waals surface area contributed by atoms with E-state index < -0.39 is 0 Å². The number of rotatable bonds is 5. The van der Waals surface area contributed by atoms with Crippen molar-refractivity contribution in [3.05, 3.63) is 59.8 Å². The number of aryl methyl sites for hydroxylation is 1. The van der Waals surface area contributed by atoms with Crippen LogP contribution in [0.15, 0.2) is 48.5 Å². The molecule has 2 aromatic rings. The van der Waals surface area contributed by atoms with Gasteiger partial charge < -0.3 is 10.2 Å². The molecule has 0 unspecified atom stereocenters. The quantitative estimate of drug-likeness (QED) is 0.922. The van der Waals surface area contributed by atoms with Crippen LogP contribution in [-0.4, -0.2) is 35.9 Å². The number of piperidine rings is 1. The first-order valence-electron chi connectivity index (χ1n) is 8.31. The lowest BCUT2D eigenvalue weighted by Crippen LogP contribution is -2.46. The fraction of sp³-hybridized carbons (Fsp3) is 0.368. The summed E-state index contributed by atoms with van der Waals surface area (Å²) in [5.74, 6) is 0.988. The zero-order valence-electron chi connectivity index (χ0n) is 13.7. The molecule has 1 aliphatic heterocycles. The zero-order chi connectivity index (χ0) is 15.9. The van der Waals surface area contributed by atoms with Gasteiger partial charge >= 0.3 is 0 Å². The standard InChI is InChI=1S/C19H24N4/c1-16-11-12-19(22-21-16)23-14-6-10-18(15-23)20-13-5-9-17-7-3-2-4-8-17/h2-5,7-9,11-12,18,20H,6,10,13-15H2,1H3/b9-5-/t18-/m0/s1. The van der Waals surface area contributed by atoms with E-state index in [1.807, 2.05) is 19.1 Å². The molecule has 4 nitrogen and oxygen atoms in total. The van der Waals surface area contributed by atoms with Gasteiger partial charge in [0.2, 0.25) is 0 Å². The van der Waals surface area contributed by atoms with Crippen LogP contribution in [0.5, 0.6) is 0 Å². The van der Waals surface area contributed by atoms with E-state index in [0.717, 1.165) is 31.1 Å². The summed E-state index contributed by atoms with van der Waals surface area (Å²) in [6, 6.07) is 15.0. The van der Waals surface area contributed by atoms with Gasteiger partial charge in [-0.05, 0) is 37.5 Å². The van der Waals surface area contributed by atoms with E-state index in [2.05, 4.69) is 62.9 Å². The molecule has 1 atom stereocenters. The van der Waals surface area contributed by atoms with E-state index in [0.29, 0.717) is 6.04 Å². The SMILES string of the molecule is Cc1ccc(N2CCC[C@H](NC/C=C\c3ccccc3)C2)nn1. The maximum Gasteiger partial charge on any atom is 0.151 e. The molecule has 120 valence electrons. The zero-order valence-corrected chi connectivity index (χ0v) is 13.7. The Morgan fingerprint density at radius 3 is 2.83 bits per heavy atom. The van der Waals surface area contributed by atoms with Gasteiger partial charge in [0.05, 0.1) is 5.69 Å². The monoisotopic (exact) mass is 308 g/mol. The molecule has 4 heteroatoms. The predicted molar refractivity (Wildman–Crippen MR) is 95.5 cm³/mol. The van der Waals surface area contributed by atoms with Crippen LogP contribution in [0.2, 0.25) is 0 Å². The molecule has 1 N–H and O–H groups in total. The third-order valence-corrected chi connectivity index (χ3v) is 4.16. The van der Waals surface area contributed by atoms with Crippen molar-refractivity contribution in [1.82, 2.24) is 15.5 Å². The number of aromatic nitrogens is 2. The van der Waals surface area contributed by atoms with Crippen molar-refractivity contribution in [1.29, 1.82) is 0 Å². The minimum absolute atomic E-state index is 0.507. The third-order valence-electron chi connectivity index (χ3n) is 4.16. The number of anilines is 1. The molecular weight excluding hydrogens is 284 g/mol. The van der Waals surface area contributed by atoms with Crippen LogP contribution in [0, 0.1) is 6.92 Å². The van der Waals surface area contributed by atoms with Crippen LogP contribution in [0.25, 0.3) is 6.08 Å². The Labute approximate surface area is 138 Å². The molecule has 23 heavy (non-hydrogen) atoms. The van der Waals surface area contributed by atoms with Crippen LogP contribution >= 0.6 is 0 Å². The lowest BCUT2D eigenvalue weighted by atomic mass is 10.1. The maximum atomic E-state index is 4.31. The van der Waals surface area contributed by atoms with Gasteiger partial charge in [-0.2, -0.15) is 5.10 Å². The number of benzene rings is 1. The van der Waals surface area contributed by atoms with Gasteiger partial charge in [-0.15, -0.1) is 5.10 Å². The minimum Gasteiger partial charge on any atom is -0.354 e. The van der Waals surface area contributed by atoms with Crippen molar-refractivity contribution < 1.29 is 0 Å². The highest BCUT2D eigenvalue weighted by molar-refractivity contribution is 5.48. The van der Waals surface area contributed by atoms with Crippen molar-refractivity contribution in [2.24, 2.45) is 0 Å². The van der Waals surface area contributed by atoms with Crippen LogP contribution in [-0.2, 0) is 0 Å². The Kier molecular flexibility index (Phi) is 5.37. The van der Waals surface area contributed by atoms with Crippen LogP contribution in [0.4, 0.5) is 5.82 Å². The smallest absolute Gasteiger partial charge is 0.151 e. The molecule has 0 bridgehead atoms. The number of hydrogen-bond acceptors (Lipinski definition) is 4. The molecule has 1 aromatic carbocycles. The lowest BCUT2D eigenvalue weighted by molar-refractivity contribution is 0.435. The molecule has 0 radical (unpaired) electrons. The molecule has 1 fully saturated rings. The van der Waals surface area contributed by atoms with E-state index in [1.54, 1.807) is 0 Å². The van der Waals surface area contributed by atoms with E-state index in [4.69, 9.17) is 0 Å². The average Bonchev–Trinajstić information content (AvgIpc) is 2.61. The third kappa shape index (κ3) is 4.63. The second-order valence-corrected chi connectivity index (χ2v) is 6.04. The van der Waals surface area contributed by atoms with E-state index in [1.165, 1.54) is 18.4 Å². The van der Waals surface area contributed by atoms with Crippen LogP contribution in [0.3, 0.4) is 0 Å². The average molecular weight is 308 g/mol. The Balaban J connectivity index is 1.49.